The minimum atomic E-state index is -0.568. The van der Waals surface area contributed by atoms with Gasteiger partial charge in [-0.1, -0.05) is 38.0 Å². The van der Waals surface area contributed by atoms with Gasteiger partial charge in [0.25, 0.3) is 5.69 Å². The predicted molar refractivity (Wildman–Crippen MR) is 126 cm³/mol. The fraction of sp³-hybridized carbons (Fsp3) is 0.217. The van der Waals surface area contributed by atoms with Gasteiger partial charge >= 0.3 is 5.97 Å². The molecule has 0 radical (unpaired) electrons. The van der Waals surface area contributed by atoms with Crippen molar-refractivity contribution in [3.05, 3.63) is 84.9 Å². The number of carbonyl (C=O) groups excluding carboxylic acids is 1. The molecule has 1 heterocycles. The van der Waals surface area contributed by atoms with Crippen LogP contribution in [0, 0.1) is 10.1 Å². The summed E-state index contributed by atoms with van der Waals surface area (Å²) < 4.78 is 6.05. The van der Waals surface area contributed by atoms with Gasteiger partial charge in [-0.15, -0.1) is 0 Å². The standard InChI is InChI=1S/C23H20Br2N2O4/c1-2-3-4-5-15-6-11-21(26-14-15)16-7-9-17(10-8-16)23(28)31-22-19(24)12-18(27(29)30)13-20(22)25/h6-14H,2-5H2,1H3. The van der Waals surface area contributed by atoms with E-state index in [0.29, 0.717) is 14.5 Å². The summed E-state index contributed by atoms with van der Waals surface area (Å²) >= 11 is 6.43. The molecular formula is C23H20Br2N2O4. The number of nitro benzene ring substituents is 1. The van der Waals surface area contributed by atoms with Gasteiger partial charge in [0.1, 0.15) is 0 Å². The molecule has 6 nitrogen and oxygen atoms in total. The molecule has 0 spiro atoms. The van der Waals surface area contributed by atoms with Crippen LogP contribution in [0.2, 0.25) is 0 Å². The van der Waals surface area contributed by atoms with Crippen LogP contribution >= 0.6 is 31.9 Å². The molecule has 3 rings (SSSR count). The van der Waals surface area contributed by atoms with E-state index in [4.69, 9.17) is 4.74 Å². The molecule has 0 amide bonds. The molecule has 31 heavy (non-hydrogen) atoms. The normalized spacial score (nSPS) is 10.7. The first-order valence-electron chi connectivity index (χ1n) is 9.80. The number of carbonyl (C=O) groups is 1. The summed E-state index contributed by atoms with van der Waals surface area (Å²) in [5.74, 6) is -0.388. The molecule has 0 saturated heterocycles. The smallest absolute Gasteiger partial charge is 0.343 e. The molecule has 0 aliphatic heterocycles. The average molecular weight is 548 g/mol. The molecular weight excluding hydrogens is 528 g/mol. The first-order chi connectivity index (χ1) is 14.9. The Labute approximate surface area is 197 Å². The molecule has 160 valence electrons. The average Bonchev–Trinajstić information content (AvgIpc) is 2.76. The maximum Gasteiger partial charge on any atom is 0.343 e. The summed E-state index contributed by atoms with van der Waals surface area (Å²) in [6, 6.07) is 13.6. The minimum Gasteiger partial charge on any atom is -0.420 e. The van der Waals surface area contributed by atoms with Crippen molar-refractivity contribution in [1.82, 2.24) is 4.98 Å². The maximum atomic E-state index is 12.5. The summed E-state index contributed by atoms with van der Waals surface area (Å²) in [5, 5.41) is 10.9. The first-order valence-corrected chi connectivity index (χ1v) is 11.4. The summed E-state index contributed by atoms with van der Waals surface area (Å²) in [4.78, 5) is 27.5. The SMILES string of the molecule is CCCCCc1ccc(-c2ccc(C(=O)Oc3c(Br)cc([N+](=O)[O-])cc3Br)cc2)nc1. The lowest BCUT2D eigenvalue weighted by atomic mass is 10.1. The predicted octanol–water partition coefficient (Wildman–Crippen LogP) is 7.13. The summed E-state index contributed by atoms with van der Waals surface area (Å²) in [6.45, 7) is 2.18. The van der Waals surface area contributed by atoms with E-state index in [1.54, 1.807) is 12.1 Å². The summed E-state index contributed by atoms with van der Waals surface area (Å²) in [5.41, 5.74) is 3.19. The number of unbranched alkanes of at least 4 members (excludes halogenated alkanes) is 2. The monoisotopic (exact) mass is 546 g/mol. The second-order valence-corrected chi connectivity index (χ2v) is 8.68. The Morgan fingerprint density at radius 1 is 1.06 bits per heavy atom. The molecule has 3 aromatic rings. The Hall–Kier alpha value is -2.58. The summed E-state index contributed by atoms with van der Waals surface area (Å²) in [7, 11) is 0. The maximum absolute atomic E-state index is 12.5. The fourth-order valence-corrected chi connectivity index (χ4v) is 4.32. The van der Waals surface area contributed by atoms with Crippen molar-refractivity contribution in [3.63, 3.8) is 0 Å². The van der Waals surface area contributed by atoms with Crippen LogP contribution in [-0.2, 0) is 6.42 Å². The van der Waals surface area contributed by atoms with Crippen molar-refractivity contribution in [3.8, 4) is 17.0 Å². The number of benzene rings is 2. The topological polar surface area (TPSA) is 82.3 Å². The van der Waals surface area contributed by atoms with Gasteiger partial charge in [-0.05, 0) is 68.5 Å². The molecule has 0 fully saturated rings. The highest BCUT2D eigenvalue weighted by atomic mass is 79.9. The number of aryl methyl sites for hydroxylation is 1. The molecule has 2 aromatic carbocycles. The summed E-state index contributed by atoms with van der Waals surface area (Å²) in [6.07, 6.45) is 6.50. The Kier molecular flexibility index (Phi) is 7.92. The number of esters is 1. The number of ether oxygens (including phenoxy) is 1. The van der Waals surface area contributed by atoms with Crippen molar-refractivity contribution in [1.29, 1.82) is 0 Å². The lowest BCUT2D eigenvalue weighted by Gasteiger charge is -2.09. The van der Waals surface area contributed by atoms with Crippen molar-refractivity contribution in [2.75, 3.05) is 0 Å². The third kappa shape index (κ3) is 5.98. The molecule has 0 aliphatic rings. The molecule has 0 aliphatic carbocycles. The zero-order valence-corrected chi connectivity index (χ0v) is 20.0. The van der Waals surface area contributed by atoms with Gasteiger partial charge in [0.2, 0.25) is 0 Å². The van der Waals surface area contributed by atoms with E-state index in [-0.39, 0.29) is 11.4 Å². The van der Waals surface area contributed by atoms with Gasteiger partial charge in [0, 0.05) is 23.9 Å². The Bertz CT molecular complexity index is 1060. The number of halogens is 2. The zero-order valence-electron chi connectivity index (χ0n) is 16.8. The number of hydrogen-bond acceptors (Lipinski definition) is 5. The van der Waals surface area contributed by atoms with Crippen molar-refractivity contribution >= 4 is 43.5 Å². The van der Waals surface area contributed by atoms with E-state index in [9.17, 15) is 14.9 Å². The molecule has 0 saturated carbocycles. The first kappa shape index (κ1) is 23.1. The largest absolute Gasteiger partial charge is 0.420 e. The lowest BCUT2D eigenvalue weighted by molar-refractivity contribution is -0.385. The second kappa shape index (κ2) is 10.6. The third-order valence-electron chi connectivity index (χ3n) is 4.70. The van der Waals surface area contributed by atoms with Gasteiger partial charge in [0.15, 0.2) is 5.75 Å². The minimum absolute atomic E-state index is 0.119. The van der Waals surface area contributed by atoms with Crippen LogP contribution in [0.3, 0.4) is 0 Å². The molecule has 0 bridgehead atoms. The number of pyridine rings is 1. The molecule has 0 N–H and O–H groups in total. The third-order valence-corrected chi connectivity index (χ3v) is 5.88. The molecule has 0 atom stereocenters. The molecule has 1 aromatic heterocycles. The number of aromatic nitrogens is 1. The number of non-ortho nitro benzene ring substituents is 1. The molecule has 8 heteroatoms. The van der Waals surface area contributed by atoms with Crippen LogP contribution in [-0.4, -0.2) is 15.9 Å². The highest BCUT2D eigenvalue weighted by Crippen LogP contribution is 2.37. The van der Waals surface area contributed by atoms with Crippen LogP contribution < -0.4 is 4.74 Å². The van der Waals surface area contributed by atoms with Crippen molar-refractivity contribution in [2.45, 2.75) is 32.6 Å². The van der Waals surface area contributed by atoms with E-state index in [0.717, 1.165) is 24.1 Å². The van der Waals surface area contributed by atoms with E-state index in [1.807, 2.05) is 24.4 Å². The zero-order chi connectivity index (χ0) is 22.4. The number of rotatable bonds is 8. The van der Waals surface area contributed by atoms with E-state index < -0.39 is 10.9 Å². The van der Waals surface area contributed by atoms with Crippen molar-refractivity contribution in [2.24, 2.45) is 0 Å². The van der Waals surface area contributed by atoms with Gasteiger partial charge in [-0.3, -0.25) is 15.1 Å². The highest BCUT2D eigenvalue weighted by Gasteiger charge is 2.18. The van der Waals surface area contributed by atoms with Crippen molar-refractivity contribution < 1.29 is 14.5 Å². The van der Waals surface area contributed by atoms with Gasteiger partial charge < -0.3 is 4.74 Å². The van der Waals surface area contributed by atoms with Crippen LogP contribution in [0.5, 0.6) is 5.75 Å². The molecule has 0 unspecified atom stereocenters. The number of nitro groups is 1. The van der Waals surface area contributed by atoms with Gasteiger partial charge in [0.05, 0.1) is 25.1 Å². The fourth-order valence-electron chi connectivity index (χ4n) is 3.00. The number of hydrogen-bond donors (Lipinski definition) is 0. The van der Waals surface area contributed by atoms with Gasteiger partial charge in [-0.25, -0.2) is 4.79 Å². The second-order valence-electron chi connectivity index (χ2n) is 6.97. The quantitative estimate of drug-likeness (QED) is 0.0984. The van der Waals surface area contributed by atoms with E-state index in [2.05, 4.69) is 49.8 Å². The Morgan fingerprint density at radius 3 is 2.29 bits per heavy atom. The van der Waals surface area contributed by atoms with Crippen LogP contribution in [0.25, 0.3) is 11.3 Å². The lowest BCUT2D eigenvalue weighted by Crippen LogP contribution is -2.09. The van der Waals surface area contributed by atoms with E-state index in [1.165, 1.54) is 30.5 Å². The number of nitrogens with zero attached hydrogens (tertiary/aromatic N) is 2. The van der Waals surface area contributed by atoms with Crippen LogP contribution in [0.1, 0.15) is 42.1 Å². The van der Waals surface area contributed by atoms with E-state index >= 15 is 0 Å². The van der Waals surface area contributed by atoms with Crippen LogP contribution in [0.4, 0.5) is 5.69 Å². The highest BCUT2D eigenvalue weighted by molar-refractivity contribution is 9.11. The Balaban J connectivity index is 1.70. The van der Waals surface area contributed by atoms with Gasteiger partial charge in [-0.2, -0.15) is 0 Å². The Morgan fingerprint density at radius 2 is 1.74 bits per heavy atom. The van der Waals surface area contributed by atoms with Crippen LogP contribution in [0.15, 0.2) is 63.7 Å².